The van der Waals surface area contributed by atoms with E-state index in [9.17, 15) is 5.11 Å². The molecule has 4 aromatic rings. The molecular weight excluding hydrogens is 234 g/mol. The first-order chi connectivity index (χ1) is 9.34. The lowest BCUT2D eigenvalue weighted by Gasteiger charge is -2.08. The van der Waals surface area contributed by atoms with Crippen LogP contribution in [0, 0.1) is 0 Å². The number of aromatic hydroxyl groups is 1. The van der Waals surface area contributed by atoms with E-state index in [0.717, 1.165) is 32.4 Å². The summed E-state index contributed by atoms with van der Waals surface area (Å²) in [4.78, 5) is 4.45. The fraction of sp³-hybridized carbons (Fsp3) is 0. The highest BCUT2D eigenvalue weighted by Gasteiger charge is 2.09. The van der Waals surface area contributed by atoms with E-state index in [1.165, 1.54) is 0 Å². The van der Waals surface area contributed by atoms with Crippen LogP contribution in [0.5, 0.6) is 5.75 Å². The number of fused-ring (bicyclic) bond motifs is 4. The van der Waals surface area contributed by atoms with Crippen molar-refractivity contribution in [3.8, 4) is 5.75 Å². The molecule has 0 radical (unpaired) electrons. The van der Waals surface area contributed by atoms with Crippen LogP contribution in [0.15, 0.2) is 60.8 Å². The first-order valence-corrected chi connectivity index (χ1v) is 6.23. The number of phenolic OH excluding ortho intramolecular Hbond substituents is 1. The molecule has 0 fully saturated rings. The molecule has 0 spiro atoms. The smallest absolute Gasteiger partial charge is 0.131 e. The van der Waals surface area contributed by atoms with Crippen molar-refractivity contribution in [3.63, 3.8) is 0 Å². The minimum atomic E-state index is 0.340. The number of hydrogen-bond acceptors (Lipinski definition) is 2. The van der Waals surface area contributed by atoms with Crippen LogP contribution in [0.2, 0.25) is 0 Å². The van der Waals surface area contributed by atoms with Crippen molar-refractivity contribution in [1.29, 1.82) is 0 Å². The lowest BCUT2D eigenvalue weighted by Crippen LogP contribution is -1.84. The van der Waals surface area contributed by atoms with E-state index >= 15 is 0 Å². The second-order valence-electron chi connectivity index (χ2n) is 4.69. The second-order valence-corrected chi connectivity index (χ2v) is 4.69. The van der Waals surface area contributed by atoms with E-state index in [-0.39, 0.29) is 0 Å². The standard InChI is InChI=1S/C17H11NO/c19-17-13-6-2-1-5-11(13)9-12-10-18-15-8-4-3-7-14(15)16(12)17/h1-10,19H. The molecule has 0 aliphatic rings. The van der Waals surface area contributed by atoms with Crippen LogP contribution in [-0.2, 0) is 0 Å². The normalized spacial score (nSPS) is 11.4. The third kappa shape index (κ3) is 1.40. The number of rotatable bonds is 0. The summed E-state index contributed by atoms with van der Waals surface area (Å²) in [6, 6.07) is 17.8. The fourth-order valence-electron chi connectivity index (χ4n) is 2.67. The topological polar surface area (TPSA) is 33.1 Å². The molecule has 1 heterocycles. The molecule has 0 aliphatic carbocycles. The van der Waals surface area contributed by atoms with Crippen molar-refractivity contribution >= 4 is 32.4 Å². The minimum absolute atomic E-state index is 0.340. The summed E-state index contributed by atoms with van der Waals surface area (Å²) in [6.07, 6.45) is 1.82. The van der Waals surface area contributed by atoms with Gasteiger partial charge >= 0.3 is 0 Å². The Morgan fingerprint density at radius 1 is 0.789 bits per heavy atom. The molecule has 0 atom stereocenters. The predicted molar refractivity (Wildman–Crippen MR) is 78.4 cm³/mol. The van der Waals surface area contributed by atoms with Gasteiger partial charge in [0.1, 0.15) is 5.75 Å². The number of pyridine rings is 1. The van der Waals surface area contributed by atoms with Crippen LogP contribution in [0.3, 0.4) is 0 Å². The molecule has 0 unspecified atom stereocenters. The number of hydrogen-bond donors (Lipinski definition) is 1. The molecule has 0 saturated heterocycles. The molecule has 3 aromatic carbocycles. The van der Waals surface area contributed by atoms with Crippen LogP contribution in [-0.4, -0.2) is 10.1 Å². The fourth-order valence-corrected chi connectivity index (χ4v) is 2.67. The summed E-state index contributed by atoms with van der Waals surface area (Å²) >= 11 is 0. The summed E-state index contributed by atoms with van der Waals surface area (Å²) < 4.78 is 0. The van der Waals surface area contributed by atoms with Crippen LogP contribution in [0.25, 0.3) is 32.4 Å². The van der Waals surface area contributed by atoms with Gasteiger partial charge in [0.05, 0.1) is 5.52 Å². The van der Waals surface area contributed by atoms with Gasteiger partial charge in [-0.15, -0.1) is 0 Å². The Kier molecular flexibility index (Phi) is 2.00. The number of aromatic nitrogens is 1. The second kappa shape index (κ2) is 3.69. The predicted octanol–water partition coefficient (Wildman–Crippen LogP) is 4.25. The Morgan fingerprint density at radius 2 is 1.53 bits per heavy atom. The van der Waals surface area contributed by atoms with Crippen LogP contribution in [0.4, 0.5) is 0 Å². The Balaban J connectivity index is 2.33. The van der Waals surface area contributed by atoms with Crippen molar-refractivity contribution in [2.45, 2.75) is 0 Å². The average molecular weight is 245 g/mol. The maximum atomic E-state index is 10.6. The largest absolute Gasteiger partial charge is 0.507 e. The van der Waals surface area contributed by atoms with Gasteiger partial charge in [0.25, 0.3) is 0 Å². The van der Waals surface area contributed by atoms with Gasteiger partial charge in [-0.1, -0.05) is 42.5 Å². The van der Waals surface area contributed by atoms with Crippen molar-refractivity contribution in [1.82, 2.24) is 4.98 Å². The van der Waals surface area contributed by atoms with E-state index in [4.69, 9.17) is 0 Å². The molecule has 19 heavy (non-hydrogen) atoms. The highest BCUT2D eigenvalue weighted by Crippen LogP contribution is 2.37. The SMILES string of the molecule is Oc1c2ccccc2cc2cnc3ccccc3c12. The highest BCUT2D eigenvalue weighted by molar-refractivity contribution is 6.15. The van der Waals surface area contributed by atoms with Gasteiger partial charge < -0.3 is 5.11 Å². The molecule has 0 bridgehead atoms. The average Bonchev–Trinajstić information content (AvgIpc) is 2.47. The molecule has 0 aliphatic heterocycles. The Hall–Kier alpha value is -2.61. The van der Waals surface area contributed by atoms with Crippen molar-refractivity contribution < 1.29 is 5.11 Å². The summed E-state index contributed by atoms with van der Waals surface area (Å²) in [6.45, 7) is 0. The third-order valence-electron chi connectivity index (χ3n) is 3.57. The zero-order chi connectivity index (χ0) is 12.8. The van der Waals surface area contributed by atoms with Crippen LogP contribution >= 0.6 is 0 Å². The Labute approximate surface area is 109 Å². The van der Waals surface area contributed by atoms with Crippen LogP contribution < -0.4 is 0 Å². The monoisotopic (exact) mass is 245 g/mol. The lowest BCUT2D eigenvalue weighted by molar-refractivity contribution is 0.488. The number of nitrogens with zero attached hydrogens (tertiary/aromatic N) is 1. The van der Waals surface area contributed by atoms with Gasteiger partial charge in [-0.3, -0.25) is 4.98 Å². The molecule has 90 valence electrons. The van der Waals surface area contributed by atoms with Gasteiger partial charge in [0.2, 0.25) is 0 Å². The number of para-hydroxylation sites is 1. The summed E-state index contributed by atoms with van der Waals surface area (Å²) in [7, 11) is 0. The molecule has 2 heteroatoms. The summed E-state index contributed by atoms with van der Waals surface area (Å²) in [5.41, 5.74) is 0.903. The Morgan fingerprint density at radius 3 is 2.42 bits per heavy atom. The van der Waals surface area contributed by atoms with E-state index < -0.39 is 0 Å². The van der Waals surface area contributed by atoms with Crippen molar-refractivity contribution in [2.24, 2.45) is 0 Å². The van der Waals surface area contributed by atoms with E-state index in [0.29, 0.717) is 5.75 Å². The third-order valence-corrected chi connectivity index (χ3v) is 3.57. The van der Waals surface area contributed by atoms with Crippen molar-refractivity contribution in [3.05, 3.63) is 60.8 Å². The molecular formula is C17H11NO. The lowest BCUT2D eigenvalue weighted by atomic mass is 10.0. The number of phenols is 1. The first-order valence-electron chi connectivity index (χ1n) is 6.23. The summed E-state index contributed by atoms with van der Waals surface area (Å²) in [5, 5.41) is 15.3. The van der Waals surface area contributed by atoms with Gasteiger partial charge in [-0.2, -0.15) is 0 Å². The van der Waals surface area contributed by atoms with Gasteiger partial charge in [0, 0.05) is 27.7 Å². The van der Waals surface area contributed by atoms with E-state index in [1.54, 1.807) is 0 Å². The first kappa shape index (κ1) is 10.3. The van der Waals surface area contributed by atoms with Gasteiger partial charge in [0.15, 0.2) is 0 Å². The van der Waals surface area contributed by atoms with Crippen LogP contribution in [0.1, 0.15) is 0 Å². The molecule has 1 aromatic heterocycles. The maximum Gasteiger partial charge on any atom is 0.131 e. The summed E-state index contributed by atoms with van der Waals surface area (Å²) in [5.74, 6) is 0.340. The van der Waals surface area contributed by atoms with Crippen molar-refractivity contribution in [2.75, 3.05) is 0 Å². The minimum Gasteiger partial charge on any atom is -0.507 e. The molecule has 0 saturated carbocycles. The molecule has 4 rings (SSSR count). The Bertz CT molecular complexity index is 928. The number of benzene rings is 3. The zero-order valence-corrected chi connectivity index (χ0v) is 10.2. The van der Waals surface area contributed by atoms with E-state index in [2.05, 4.69) is 11.1 Å². The highest BCUT2D eigenvalue weighted by atomic mass is 16.3. The molecule has 2 nitrogen and oxygen atoms in total. The van der Waals surface area contributed by atoms with E-state index in [1.807, 2.05) is 54.7 Å². The zero-order valence-electron chi connectivity index (χ0n) is 10.2. The molecule has 0 amide bonds. The maximum absolute atomic E-state index is 10.6. The van der Waals surface area contributed by atoms with Gasteiger partial charge in [-0.05, 0) is 17.5 Å². The quantitative estimate of drug-likeness (QED) is 0.371. The molecule has 1 N–H and O–H groups in total. The van der Waals surface area contributed by atoms with Gasteiger partial charge in [-0.25, -0.2) is 0 Å².